The number of aromatic nitrogens is 2. The van der Waals surface area contributed by atoms with Crippen molar-refractivity contribution >= 4 is 11.6 Å². The van der Waals surface area contributed by atoms with Gasteiger partial charge >= 0.3 is 0 Å². The zero-order valence-corrected chi connectivity index (χ0v) is 12.4. The second kappa shape index (κ2) is 5.16. The fraction of sp³-hybridized carbons (Fsp3) is 0.312. The molecule has 0 fully saturated rings. The molecule has 2 aromatic rings. The highest BCUT2D eigenvalue weighted by molar-refractivity contribution is 6.05. The number of nitrogens with zero attached hydrogens (tertiary/aromatic N) is 3. The number of fused-ring (bicyclic) bond motifs is 1. The molecular formula is C16H17N3O2. The molecule has 2 aromatic heterocycles. The summed E-state index contributed by atoms with van der Waals surface area (Å²) < 4.78 is 5.51. The van der Waals surface area contributed by atoms with Gasteiger partial charge < -0.3 is 4.74 Å². The number of ether oxygens (including phenoxy) is 1. The second-order valence-electron chi connectivity index (χ2n) is 5.24. The highest BCUT2D eigenvalue weighted by Gasteiger charge is 2.26. The fourth-order valence-electron chi connectivity index (χ4n) is 2.30. The van der Waals surface area contributed by atoms with E-state index in [1.165, 1.54) is 0 Å². The van der Waals surface area contributed by atoms with Crippen molar-refractivity contribution in [1.82, 2.24) is 9.97 Å². The van der Waals surface area contributed by atoms with Gasteiger partial charge in [0.25, 0.3) is 5.91 Å². The van der Waals surface area contributed by atoms with E-state index in [4.69, 9.17) is 4.74 Å². The molecule has 3 heterocycles. The molecule has 5 heteroatoms. The molecule has 0 N–H and O–H groups in total. The highest BCUT2D eigenvalue weighted by Crippen LogP contribution is 2.30. The number of anilines is 1. The zero-order valence-electron chi connectivity index (χ0n) is 12.4. The van der Waals surface area contributed by atoms with Crippen molar-refractivity contribution in [2.45, 2.75) is 20.8 Å². The maximum Gasteiger partial charge on any atom is 0.277 e. The molecule has 0 radical (unpaired) electrons. The predicted molar refractivity (Wildman–Crippen MR) is 79.9 cm³/mol. The molecule has 0 saturated carbocycles. The molecule has 1 aliphatic heterocycles. The largest absolute Gasteiger partial charge is 0.474 e. The molecule has 5 nitrogen and oxygen atoms in total. The van der Waals surface area contributed by atoms with Gasteiger partial charge in [0.15, 0.2) is 0 Å². The molecule has 0 aliphatic carbocycles. The lowest BCUT2D eigenvalue weighted by Crippen LogP contribution is -2.38. The minimum absolute atomic E-state index is 0.116. The lowest BCUT2D eigenvalue weighted by atomic mass is 10.2. The summed E-state index contributed by atoms with van der Waals surface area (Å²) in [5.74, 6) is 0.388. The first-order chi connectivity index (χ1) is 10.1. The van der Waals surface area contributed by atoms with E-state index in [2.05, 4.69) is 9.97 Å². The van der Waals surface area contributed by atoms with E-state index < -0.39 is 0 Å². The Bertz CT molecular complexity index is 713. The highest BCUT2D eigenvalue weighted by atomic mass is 16.5. The maximum absolute atomic E-state index is 12.7. The third-order valence-electron chi connectivity index (χ3n) is 3.63. The van der Waals surface area contributed by atoms with Crippen molar-refractivity contribution in [3.8, 4) is 5.88 Å². The van der Waals surface area contributed by atoms with Gasteiger partial charge in [0.05, 0.1) is 6.54 Å². The summed E-state index contributed by atoms with van der Waals surface area (Å²) >= 11 is 0. The van der Waals surface area contributed by atoms with Crippen LogP contribution >= 0.6 is 0 Å². The Morgan fingerprint density at radius 1 is 1.29 bits per heavy atom. The minimum Gasteiger partial charge on any atom is -0.474 e. The van der Waals surface area contributed by atoms with E-state index in [0.29, 0.717) is 30.4 Å². The van der Waals surface area contributed by atoms with Gasteiger partial charge in [-0.2, -0.15) is 0 Å². The molecular weight excluding hydrogens is 266 g/mol. The van der Waals surface area contributed by atoms with Crippen LogP contribution in [0.1, 0.15) is 27.3 Å². The van der Waals surface area contributed by atoms with Crippen LogP contribution in [0.4, 0.5) is 5.69 Å². The SMILES string of the molecule is Cc1cnc2c(c1)N(C(=O)c1ccc(C)c(C)n1)CCO2. The molecule has 0 spiro atoms. The van der Waals surface area contributed by atoms with E-state index in [9.17, 15) is 4.79 Å². The number of hydrogen-bond acceptors (Lipinski definition) is 4. The predicted octanol–water partition coefficient (Wildman–Crippen LogP) is 2.44. The van der Waals surface area contributed by atoms with Crippen LogP contribution in [0.25, 0.3) is 0 Å². The first-order valence-electron chi connectivity index (χ1n) is 6.92. The Labute approximate surface area is 123 Å². The van der Waals surface area contributed by atoms with Gasteiger partial charge in [-0.05, 0) is 44.0 Å². The Morgan fingerprint density at radius 3 is 2.86 bits per heavy atom. The first-order valence-corrected chi connectivity index (χ1v) is 6.92. The normalized spacial score (nSPS) is 13.6. The number of carbonyl (C=O) groups is 1. The van der Waals surface area contributed by atoms with E-state index in [1.54, 1.807) is 17.2 Å². The number of aryl methyl sites for hydroxylation is 3. The average molecular weight is 283 g/mol. The molecule has 0 bridgehead atoms. The van der Waals surface area contributed by atoms with Gasteiger partial charge in [-0.15, -0.1) is 0 Å². The summed E-state index contributed by atoms with van der Waals surface area (Å²) in [5, 5.41) is 0. The molecule has 1 aliphatic rings. The fourth-order valence-corrected chi connectivity index (χ4v) is 2.30. The standard InChI is InChI=1S/C16H17N3O2/c1-10-8-14-15(17-9-10)21-7-6-19(14)16(20)13-5-4-11(2)12(3)18-13/h4-5,8-9H,6-7H2,1-3H3. The number of amides is 1. The number of rotatable bonds is 1. The lowest BCUT2D eigenvalue weighted by Gasteiger charge is -2.28. The number of hydrogen-bond donors (Lipinski definition) is 0. The van der Waals surface area contributed by atoms with E-state index in [0.717, 1.165) is 16.8 Å². The molecule has 0 saturated heterocycles. The Hall–Kier alpha value is -2.43. The van der Waals surface area contributed by atoms with Crippen molar-refractivity contribution in [1.29, 1.82) is 0 Å². The average Bonchev–Trinajstić information content (AvgIpc) is 2.48. The van der Waals surface area contributed by atoms with Gasteiger partial charge in [0, 0.05) is 11.9 Å². The van der Waals surface area contributed by atoms with Crippen LogP contribution in [0.3, 0.4) is 0 Å². The van der Waals surface area contributed by atoms with E-state index in [-0.39, 0.29) is 5.91 Å². The minimum atomic E-state index is -0.116. The van der Waals surface area contributed by atoms with Gasteiger partial charge in [-0.1, -0.05) is 6.07 Å². The lowest BCUT2D eigenvalue weighted by molar-refractivity contribution is 0.0970. The van der Waals surface area contributed by atoms with Gasteiger partial charge in [-0.25, -0.2) is 9.97 Å². The van der Waals surface area contributed by atoms with Crippen LogP contribution in [0.2, 0.25) is 0 Å². The van der Waals surface area contributed by atoms with Crippen molar-refractivity contribution in [2.75, 3.05) is 18.1 Å². The molecule has 21 heavy (non-hydrogen) atoms. The van der Waals surface area contributed by atoms with Gasteiger partial charge in [-0.3, -0.25) is 9.69 Å². The monoisotopic (exact) mass is 283 g/mol. The summed E-state index contributed by atoms with van der Waals surface area (Å²) in [7, 11) is 0. The second-order valence-corrected chi connectivity index (χ2v) is 5.24. The summed E-state index contributed by atoms with van der Waals surface area (Å²) in [4.78, 5) is 23.0. The summed E-state index contributed by atoms with van der Waals surface area (Å²) in [6, 6.07) is 5.61. The number of carbonyl (C=O) groups excluding carboxylic acids is 1. The van der Waals surface area contributed by atoms with Crippen molar-refractivity contribution in [2.24, 2.45) is 0 Å². The van der Waals surface area contributed by atoms with Crippen molar-refractivity contribution in [3.05, 3.63) is 46.9 Å². The Balaban J connectivity index is 1.99. The Kier molecular flexibility index (Phi) is 3.33. The molecule has 1 amide bonds. The summed E-state index contributed by atoms with van der Waals surface area (Å²) in [6.45, 7) is 6.78. The maximum atomic E-state index is 12.7. The van der Waals surface area contributed by atoms with Crippen molar-refractivity contribution < 1.29 is 9.53 Å². The topological polar surface area (TPSA) is 55.3 Å². The molecule has 0 unspecified atom stereocenters. The Morgan fingerprint density at radius 2 is 2.10 bits per heavy atom. The first kappa shape index (κ1) is 13.5. The molecule has 108 valence electrons. The van der Waals surface area contributed by atoms with Gasteiger partial charge in [0.1, 0.15) is 18.0 Å². The summed E-state index contributed by atoms with van der Waals surface area (Å²) in [6.07, 6.45) is 1.74. The quantitative estimate of drug-likeness (QED) is 0.806. The molecule has 0 atom stereocenters. The smallest absolute Gasteiger partial charge is 0.277 e. The van der Waals surface area contributed by atoms with Crippen LogP contribution < -0.4 is 9.64 Å². The third kappa shape index (κ3) is 2.46. The van der Waals surface area contributed by atoms with Crippen LogP contribution in [0.5, 0.6) is 5.88 Å². The van der Waals surface area contributed by atoms with Gasteiger partial charge in [0.2, 0.25) is 5.88 Å². The van der Waals surface area contributed by atoms with E-state index >= 15 is 0 Å². The molecule has 0 aromatic carbocycles. The van der Waals surface area contributed by atoms with Crippen LogP contribution in [-0.4, -0.2) is 29.0 Å². The third-order valence-corrected chi connectivity index (χ3v) is 3.63. The van der Waals surface area contributed by atoms with Crippen LogP contribution in [-0.2, 0) is 0 Å². The van der Waals surface area contributed by atoms with Crippen LogP contribution in [0, 0.1) is 20.8 Å². The molecule has 3 rings (SSSR count). The summed E-state index contributed by atoms with van der Waals surface area (Å²) in [5.41, 5.74) is 4.10. The van der Waals surface area contributed by atoms with Crippen molar-refractivity contribution in [3.63, 3.8) is 0 Å². The zero-order chi connectivity index (χ0) is 15.0. The van der Waals surface area contributed by atoms with Crippen LogP contribution in [0.15, 0.2) is 24.4 Å². The van der Waals surface area contributed by atoms with E-state index in [1.807, 2.05) is 32.9 Å². The number of pyridine rings is 2.